The molecule has 0 heterocycles. The Hall–Kier alpha value is -0.120. The Labute approximate surface area is 80.4 Å². The minimum atomic E-state index is -0.804. The summed E-state index contributed by atoms with van der Waals surface area (Å²) >= 11 is 0. The molecule has 0 rings (SSSR count). The summed E-state index contributed by atoms with van der Waals surface area (Å²) in [7, 11) is 0. The van der Waals surface area contributed by atoms with Crippen molar-refractivity contribution in [1.29, 1.82) is 0 Å². The molecule has 0 aromatic rings. The van der Waals surface area contributed by atoms with Crippen LogP contribution in [0.3, 0.4) is 0 Å². The van der Waals surface area contributed by atoms with Crippen LogP contribution in [0.1, 0.15) is 40.0 Å². The van der Waals surface area contributed by atoms with E-state index in [1.807, 2.05) is 20.8 Å². The van der Waals surface area contributed by atoms with Crippen molar-refractivity contribution in [3.63, 3.8) is 0 Å². The van der Waals surface area contributed by atoms with Gasteiger partial charge in [-0.25, -0.2) is 0 Å². The van der Waals surface area contributed by atoms with Crippen LogP contribution in [-0.4, -0.2) is 33.6 Å². The molecular weight excluding hydrogens is 168 g/mol. The summed E-state index contributed by atoms with van der Waals surface area (Å²) in [6.07, 6.45) is -0.178. The van der Waals surface area contributed by atoms with Crippen LogP contribution in [0.4, 0.5) is 0 Å². The lowest BCUT2D eigenvalue weighted by atomic mass is 9.96. The Morgan fingerprint density at radius 2 is 1.62 bits per heavy atom. The summed E-state index contributed by atoms with van der Waals surface area (Å²) in [4.78, 5) is 0. The third-order valence-electron chi connectivity index (χ3n) is 2.21. The number of rotatable bonds is 6. The SMILES string of the molecule is CCC[C@H](O)C[C@H](O)[C@@H](O)C(C)C. The number of aliphatic hydroxyl groups excluding tert-OH is 3. The van der Waals surface area contributed by atoms with E-state index in [-0.39, 0.29) is 12.3 Å². The zero-order valence-electron chi connectivity index (χ0n) is 8.77. The van der Waals surface area contributed by atoms with Gasteiger partial charge in [0.05, 0.1) is 18.3 Å². The Balaban J connectivity index is 3.77. The topological polar surface area (TPSA) is 60.7 Å². The lowest BCUT2D eigenvalue weighted by Crippen LogP contribution is -2.33. The molecule has 0 aliphatic rings. The highest BCUT2D eigenvalue weighted by Crippen LogP contribution is 2.13. The van der Waals surface area contributed by atoms with Crippen molar-refractivity contribution >= 4 is 0 Å². The molecule has 3 N–H and O–H groups in total. The maximum absolute atomic E-state index is 9.48. The highest BCUT2D eigenvalue weighted by Gasteiger charge is 2.21. The Morgan fingerprint density at radius 1 is 1.08 bits per heavy atom. The summed E-state index contributed by atoms with van der Waals surface area (Å²) in [6.45, 7) is 5.68. The molecule has 0 aromatic heterocycles. The predicted molar refractivity (Wildman–Crippen MR) is 52.4 cm³/mol. The van der Waals surface area contributed by atoms with Crippen molar-refractivity contribution in [2.24, 2.45) is 5.92 Å². The molecule has 0 unspecified atom stereocenters. The van der Waals surface area contributed by atoms with E-state index in [1.165, 1.54) is 0 Å². The van der Waals surface area contributed by atoms with Gasteiger partial charge in [-0.3, -0.25) is 0 Å². The standard InChI is InChI=1S/C10H22O3/c1-4-5-8(11)6-9(12)10(13)7(2)3/h7-13H,4-6H2,1-3H3/t8-,9-,10-/m0/s1. The highest BCUT2D eigenvalue weighted by atomic mass is 16.3. The molecule has 3 nitrogen and oxygen atoms in total. The van der Waals surface area contributed by atoms with Crippen LogP contribution in [-0.2, 0) is 0 Å². The molecular formula is C10H22O3. The van der Waals surface area contributed by atoms with Crippen LogP contribution in [0.2, 0.25) is 0 Å². The van der Waals surface area contributed by atoms with Crippen LogP contribution in [0.15, 0.2) is 0 Å². The number of hydrogen-bond acceptors (Lipinski definition) is 3. The lowest BCUT2D eigenvalue weighted by Gasteiger charge is -2.23. The second-order valence-corrected chi connectivity index (χ2v) is 3.98. The average Bonchev–Trinajstić information content (AvgIpc) is 2.03. The van der Waals surface area contributed by atoms with Crippen molar-refractivity contribution in [2.45, 2.75) is 58.3 Å². The van der Waals surface area contributed by atoms with Crippen LogP contribution in [0.5, 0.6) is 0 Å². The van der Waals surface area contributed by atoms with Crippen molar-refractivity contribution in [3.05, 3.63) is 0 Å². The summed E-state index contributed by atoms with van der Waals surface area (Å²) in [5.74, 6) is 0.0313. The third-order valence-corrected chi connectivity index (χ3v) is 2.21. The summed E-state index contributed by atoms with van der Waals surface area (Å²) in [6, 6.07) is 0. The zero-order valence-corrected chi connectivity index (χ0v) is 8.77. The van der Waals surface area contributed by atoms with Gasteiger partial charge in [0.15, 0.2) is 0 Å². The summed E-state index contributed by atoms with van der Waals surface area (Å²) < 4.78 is 0. The van der Waals surface area contributed by atoms with Gasteiger partial charge in [0.25, 0.3) is 0 Å². The van der Waals surface area contributed by atoms with Crippen molar-refractivity contribution in [3.8, 4) is 0 Å². The smallest absolute Gasteiger partial charge is 0.0826 e. The van der Waals surface area contributed by atoms with Gasteiger partial charge < -0.3 is 15.3 Å². The van der Waals surface area contributed by atoms with E-state index in [4.69, 9.17) is 0 Å². The molecule has 80 valence electrons. The molecule has 0 aromatic carbocycles. The Morgan fingerprint density at radius 3 is 2.00 bits per heavy atom. The fraction of sp³-hybridized carbons (Fsp3) is 1.00. The van der Waals surface area contributed by atoms with Gasteiger partial charge in [-0.1, -0.05) is 27.2 Å². The van der Waals surface area contributed by atoms with Gasteiger partial charge in [-0.05, 0) is 12.3 Å². The van der Waals surface area contributed by atoms with Crippen LogP contribution in [0.25, 0.3) is 0 Å². The van der Waals surface area contributed by atoms with Gasteiger partial charge in [0.1, 0.15) is 0 Å². The zero-order chi connectivity index (χ0) is 10.4. The molecule has 0 radical (unpaired) electrons. The molecule has 3 atom stereocenters. The van der Waals surface area contributed by atoms with Gasteiger partial charge in [0.2, 0.25) is 0 Å². The minimum absolute atomic E-state index is 0.0313. The first-order chi connectivity index (χ1) is 5.99. The third kappa shape index (κ3) is 5.24. The Kier molecular flexibility index (Phi) is 6.29. The summed E-state index contributed by atoms with van der Waals surface area (Å²) in [5, 5.41) is 28.3. The van der Waals surface area contributed by atoms with Gasteiger partial charge >= 0.3 is 0 Å². The first-order valence-corrected chi connectivity index (χ1v) is 5.03. The number of aliphatic hydroxyl groups is 3. The second kappa shape index (κ2) is 6.35. The lowest BCUT2D eigenvalue weighted by molar-refractivity contribution is -0.0342. The van der Waals surface area contributed by atoms with E-state index in [0.29, 0.717) is 6.42 Å². The van der Waals surface area contributed by atoms with E-state index >= 15 is 0 Å². The molecule has 0 bridgehead atoms. The van der Waals surface area contributed by atoms with Gasteiger partial charge in [-0.15, -0.1) is 0 Å². The number of hydrogen-bond donors (Lipinski definition) is 3. The van der Waals surface area contributed by atoms with Gasteiger partial charge in [0, 0.05) is 6.42 Å². The fourth-order valence-corrected chi connectivity index (χ4v) is 1.31. The van der Waals surface area contributed by atoms with E-state index in [2.05, 4.69) is 0 Å². The van der Waals surface area contributed by atoms with Crippen molar-refractivity contribution < 1.29 is 15.3 Å². The monoisotopic (exact) mass is 190 g/mol. The van der Waals surface area contributed by atoms with Crippen LogP contribution >= 0.6 is 0 Å². The van der Waals surface area contributed by atoms with E-state index in [1.54, 1.807) is 0 Å². The maximum Gasteiger partial charge on any atom is 0.0826 e. The quantitative estimate of drug-likeness (QED) is 0.583. The molecule has 0 aliphatic heterocycles. The molecule has 0 fully saturated rings. The average molecular weight is 190 g/mol. The maximum atomic E-state index is 9.48. The normalized spacial score (nSPS) is 18.7. The van der Waals surface area contributed by atoms with E-state index < -0.39 is 18.3 Å². The highest BCUT2D eigenvalue weighted by molar-refractivity contribution is 4.73. The first-order valence-electron chi connectivity index (χ1n) is 5.03. The minimum Gasteiger partial charge on any atom is -0.393 e. The van der Waals surface area contributed by atoms with Crippen LogP contribution < -0.4 is 0 Å². The Bertz CT molecular complexity index is 125. The van der Waals surface area contributed by atoms with E-state index in [9.17, 15) is 15.3 Å². The van der Waals surface area contributed by atoms with Crippen molar-refractivity contribution in [2.75, 3.05) is 0 Å². The van der Waals surface area contributed by atoms with Crippen molar-refractivity contribution in [1.82, 2.24) is 0 Å². The molecule has 0 saturated carbocycles. The predicted octanol–water partition coefficient (Wildman–Crippen LogP) is 0.915. The molecule has 0 saturated heterocycles. The second-order valence-electron chi connectivity index (χ2n) is 3.98. The largest absolute Gasteiger partial charge is 0.393 e. The molecule has 0 amide bonds. The van der Waals surface area contributed by atoms with Crippen LogP contribution in [0, 0.1) is 5.92 Å². The van der Waals surface area contributed by atoms with E-state index in [0.717, 1.165) is 6.42 Å². The first kappa shape index (κ1) is 12.9. The molecule has 3 heteroatoms. The molecule has 0 aliphatic carbocycles. The molecule has 13 heavy (non-hydrogen) atoms. The van der Waals surface area contributed by atoms with Gasteiger partial charge in [-0.2, -0.15) is 0 Å². The summed E-state index contributed by atoms with van der Waals surface area (Å²) in [5.41, 5.74) is 0. The fourth-order valence-electron chi connectivity index (χ4n) is 1.31. The molecule has 0 spiro atoms.